The van der Waals surface area contributed by atoms with Gasteiger partial charge in [0.2, 0.25) is 0 Å². The van der Waals surface area contributed by atoms with Crippen molar-refractivity contribution < 1.29 is 19.8 Å². The lowest BCUT2D eigenvalue weighted by molar-refractivity contribution is -0.143. The summed E-state index contributed by atoms with van der Waals surface area (Å²) in [6, 6.07) is 7.46. The third kappa shape index (κ3) is 5.53. The second-order valence-corrected chi connectivity index (χ2v) is 4.99. The average molecular weight is 294 g/mol. The molecule has 1 aromatic rings. The quantitative estimate of drug-likeness (QED) is 0.550. The summed E-state index contributed by atoms with van der Waals surface area (Å²) in [6.45, 7) is 1.82. The Bertz CT molecular complexity index is 464. The molecule has 0 aromatic heterocycles. The Hall–Kier alpha value is -1.92. The van der Waals surface area contributed by atoms with Gasteiger partial charge < -0.3 is 21.3 Å². The molecule has 0 aliphatic carbocycles. The fourth-order valence-corrected chi connectivity index (χ4v) is 2.00. The highest BCUT2D eigenvalue weighted by Crippen LogP contribution is 2.06. The molecular formula is C15H22N2O4. The summed E-state index contributed by atoms with van der Waals surface area (Å²) in [7, 11) is 0. The molecule has 0 saturated heterocycles. The Morgan fingerprint density at radius 3 is 2.43 bits per heavy atom. The SMILES string of the molecule is CCCC(NC(=O)[C@H](O)[C@H](N)Cc1ccccc1)C(=O)O. The van der Waals surface area contributed by atoms with Gasteiger partial charge >= 0.3 is 5.97 Å². The van der Waals surface area contributed by atoms with Crippen molar-refractivity contribution in [2.75, 3.05) is 0 Å². The van der Waals surface area contributed by atoms with E-state index in [9.17, 15) is 14.7 Å². The Balaban J connectivity index is 2.58. The van der Waals surface area contributed by atoms with Crippen LogP contribution < -0.4 is 11.1 Å². The van der Waals surface area contributed by atoms with Crippen molar-refractivity contribution >= 4 is 11.9 Å². The molecule has 6 heteroatoms. The first-order valence-electron chi connectivity index (χ1n) is 6.96. The van der Waals surface area contributed by atoms with Crippen LogP contribution in [-0.4, -0.2) is 40.3 Å². The Morgan fingerprint density at radius 1 is 1.29 bits per heavy atom. The monoisotopic (exact) mass is 294 g/mol. The topological polar surface area (TPSA) is 113 Å². The van der Waals surface area contributed by atoms with Crippen molar-refractivity contribution in [1.29, 1.82) is 0 Å². The Kier molecular flexibility index (Phi) is 6.84. The molecule has 21 heavy (non-hydrogen) atoms. The van der Waals surface area contributed by atoms with E-state index in [0.29, 0.717) is 19.3 Å². The maximum atomic E-state index is 11.9. The Morgan fingerprint density at radius 2 is 1.90 bits per heavy atom. The first-order chi connectivity index (χ1) is 9.95. The van der Waals surface area contributed by atoms with Crippen LogP contribution in [0.5, 0.6) is 0 Å². The summed E-state index contributed by atoms with van der Waals surface area (Å²) in [6.07, 6.45) is -0.185. The Labute approximate surface area is 124 Å². The van der Waals surface area contributed by atoms with Gasteiger partial charge in [0.1, 0.15) is 12.1 Å². The van der Waals surface area contributed by atoms with Gasteiger partial charge in [-0.2, -0.15) is 0 Å². The molecule has 0 saturated carbocycles. The summed E-state index contributed by atoms with van der Waals surface area (Å²) in [5.74, 6) is -1.87. The molecule has 1 rings (SSSR count). The number of amides is 1. The van der Waals surface area contributed by atoms with Gasteiger partial charge in [0.15, 0.2) is 0 Å². The van der Waals surface area contributed by atoms with Crippen molar-refractivity contribution in [3.05, 3.63) is 35.9 Å². The molecule has 1 unspecified atom stereocenters. The van der Waals surface area contributed by atoms with Crippen LogP contribution in [0, 0.1) is 0 Å². The predicted molar refractivity (Wildman–Crippen MR) is 78.6 cm³/mol. The van der Waals surface area contributed by atoms with E-state index < -0.39 is 30.1 Å². The highest BCUT2D eigenvalue weighted by Gasteiger charge is 2.27. The molecule has 116 valence electrons. The zero-order valence-corrected chi connectivity index (χ0v) is 12.0. The summed E-state index contributed by atoms with van der Waals surface area (Å²) in [5.41, 5.74) is 6.72. The summed E-state index contributed by atoms with van der Waals surface area (Å²) >= 11 is 0. The minimum Gasteiger partial charge on any atom is -0.480 e. The second kappa shape index (κ2) is 8.39. The minimum atomic E-state index is -1.44. The van der Waals surface area contributed by atoms with Crippen LogP contribution in [0.4, 0.5) is 0 Å². The van der Waals surface area contributed by atoms with Crippen molar-refractivity contribution in [2.24, 2.45) is 5.73 Å². The lowest BCUT2D eigenvalue weighted by Crippen LogP contribution is -2.51. The van der Waals surface area contributed by atoms with Gasteiger partial charge in [-0.15, -0.1) is 0 Å². The van der Waals surface area contributed by atoms with Crippen LogP contribution >= 0.6 is 0 Å². The van der Waals surface area contributed by atoms with E-state index in [4.69, 9.17) is 10.8 Å². The van der Waals surface area contributed by atoms with Gasteiger partial charge in [0, 0.05) is 6.04 Å². The largest absolute Gasteiger partial charge is 0.480 e. The lowest BCUT2D eigenvalue weighted by Gasteiger charge is -2.21. The molecule has 0 radical (unpaired) electrons. The molecule has 6 nitrogen and oxygen atoms in total. The van der Waals surface area contributed by atoms with E-state index in [2.05, 4.69) is 5.32 Å². The first-order valence-corrected chi connectivity index (χ1v) is 6.96. The van der Waals surface area contributed by atoms with Gasteiger partial charge in [0.05, 0.1) is 0 Å². The van der Waals surface area contributed by atoms with Crippen molar-refractivity contribution in [3.8, 4) is 0 Å². The zero-order chi connectivity index (χ0) is 15.8. The van der Waals surface area contributed by atoms with E-state index in [1.165, 1.54) is 0 Å². The van der Waals surface area contributed by atoms with E-state index in [-0.39, 0.29) is 0 Å². The van der Waals surface area contributed by atoms with Crippen molar-refractivity contribution in [2.45, 2.75) is 44.4 Å². The van der Waals surface area contributed by atoms with Crippen LogP contribution in [0.1, 0.15) is 25.3 Å². The summed E-state index contributed by atoms with van der Waals surface area (Å²) in [5, 5.41) is 21.2. The number of carboxylic acids is 1. The molecule has 0 aliphatic rings. The first kappa shape index (κ1) is 17.1. The minimum absolute atomic E-state index is 0.307. The molecule has 5 N–H and O–H groups in total. The normalized spacial score (nSPS) is 15.0. The third-order valence-electron chi connectivity index (χ3n) is 3.18. The van der Waals surface area contributed by atoms with E-state index in [1.54, 1.807) is 0 Å². The number of nitrogens with two attached hydrogens (primary N) is 1. The van der Waals surface area contributed by atoms with Gasteiger partial charge in [-0.05, 0) is 18.4 Å². The lowest BCUT2D eigenvalue weighted by atomic mass is 10.0. The van der Waals surface area contributed by atoms with Gasteiger partial charge in [0.25, 0.3) is 5.91 Å². The second-order valence-electron chi connectivity index (χ2n) is 4.99. The molecular weight excluding hydrogens is 272 g/mol. The summed E-state index contributed by atoms with van der Waals surface area (Å²) < 4.78 is 0. The number of aliphatic carboxylic acids is 1. The molecule has 1 amide bonds. The highest BCUT2D eigenvalue weighted by molar-refractivity contribution is 5.86. The molecule has 1 aromatic carbocycles. The van der Waals surface area contributed by atoms with E-state index in [1.807, 2.05) is 37.3 Å². The number of hydrogen-bond donors (Lipinski definition) is 4. The standard InChI is InChI=1S/C15H22N2O4/c1-2-6-12(15(20)21)17-14(19)13(18)11(16)9-10-7-4-3-5-8-10/h3-5,7-8,11-13,18H,2,6,9,16H2,1H3,(H,17,19)(H,20,21)/t11-,12?,13-/m1/s1. The van der Waals surface area contributed by atoms with Crippen LogP contribution in [0.15, 0.2) is 30.3 Å². The molecule has 0 fully saturated rings. The average Bonchev–Trinajstić information content (AvgIpc) is 2.46. The fraction of sp³-hybridized carbons (Fsp3) is 0.467. The molecule has 0 spiro atoms. The molecule has 0 aliphatic heterocycles. The third-order valence-corrected chi connectivity index (χ3v) is 3.18. The number of rotatable bonds is 8. The molecule has 3 atom stereocenters. The van der Waals surface area contributed by atoms with Crippen molar-refractivity contribution in [3.63, 3.8) is 0 Å². The number of nitrogens with one attached hydrogen (secondary N) is 1. The predicted octanol–water partition coefficient (Wildman–Crippen LogP) is 0.287. The van der Waals surface area contributed by atoms with Gasteiger partial charge in [-0.25, -0.2) is 4.79 Å². The maximum Gasteiger partial charge on any atom is 0.326 e. The number of carbonyl (C=O) groups excluding carboxylic acids is 1. The number of aliphatic hydroxyl groups excluding tert-OH is 1. The number of carboxylic acid groups (broad SMARTS) is 1. The number of carbonyl (C=O) groups is 2. The van der Waals surface area contributed by atoms with Gasteiger partial charge in [-0.3, -0.25) is 4.79 Å². The summed E-state index contributed by atoms with van der Waals surface area (Å²) in [4.78, 5) is 22.8. The van der Waals surface area contributed by atoms with Crippen LogP contribution in [0.2, 0.25) is 0 Å². The van der Waals surface area contributed by atoms with E-state index in [0.717, 1.165) is 5.56 Å². The van der Waals surface area contributed by atoms with Crippen LogP contribution in [0.3, 0.4) is 0 Å². The number of benzene rings is 1. The van der Waals surface area contributed by atoms with Crippen LogP contribution in [0.25, 0.3) is 0 Å². The van der Waals surface area contributed by atoms with Crippen molar-refractivity contribution in [1.82, 2.24) is 5.32 Å². The molecule has 0 heterocycles. The maximum absolute atomic E-state index is 11.9. The number of aliphatic hydroxyl groups is 1. The zero-order valence-electron chi connectivity index (χ0n) is 12.0. The van der Waals surface area contributed by atoms with Crippen LogP contribution in [-0.2, 0) is 16.0 Å². The van der Waals surface area contributed by atoms with Gasteiger partial charge in [-0.1, -0.05) is 43.7 Å². The smallest absolute Gasteiger partial charge is 0.326 e. The highest BCUT2D eigenvalue weighted by atomic mass is 16.4. The fourth-order valence-electron chi connectivity index (χ4n) is 2.00. The number of hydrogen-bond acceptors (Lipinski definition) is 4. The van der Waals surface area contributed by atoms with E-state index >= 15 is 0 Å². The molecule has 0 bridgehead atoms.